The Labute approximate surface area is 138 Å². The number of methoxy groups -OCH3 is 2. The summed E-state index contributed by atoms with van der Waals surface area (Å²) in [6.07, 6.45) is 2.67. The fourth-order valence-electron chi connectivity index (χ4n) is 2.51. The zero-order chi connectivity index (χ0) is 18.0. The van der Waals surface area contributed by atoms with Gasteiger partial charge >= 0.3 is 15.6 Å². The first kappa shape index (κ1) is 18.4. The predicted molar refractivity (Wildman–Crippen MR) is 80.3 cm³/mol. The van der Waals surface area contributed by atoms with Gasteiger partial charge in [0, 0.05) is 24.0 Å². The smallest absolute Gasteiger partial charge is 0.497 e. The highest BCUT2D eigenvalue weighted by Gasteiger charge is 2.49. The van der Waals surface area contributed by atoms with Gasteiger partial charge in [-0.3, -0.25) is 0 Å². The Balaban J connectivity index is 2.30. The van der Waals surface area contributed by atoms with Crippen LogP contribution in [0.3, 0.4) is 0 Å². The Kier molecular flexibility index (Phi) is 5.32. The van der Waals surface area contributed by atoms with E-state index in [-0.39, 0.29) is 18.1 Å². The molecule has 24 heavy (non-hydrogen) atoms. The van der Waals surface area contributed by atoms with E-state index >= 15 is 0 Å². The second-order valence-electron chi connectivity index (χ2n) is 5.22. The molecule has 9 heteroatoms. The molecule has 0 radical (unpaired) electrons. The lowest BCUT2D eigenvalue weighted by atomic mass is 9.88. The Morgan fingerprint density at radius 2 is 1.88 bits per heavy atom. The van der Waals surface area contributed by atoms with Crippen LogP contribution >= 0.6 is 0 Å². The van der Waals surface area contributed by atoms with Crippen molar-refractivity contribution in [1.82, 2.24) is 0 Å². The largest absolute Gasteiger partial charge is 0.534 e. The molecule has 0 aliphatic heterocycles. The van der Waals surface area contributed by atoms with Gasteiger partial charge in [0.25, 0.3) is 0 Å². The van der Waals surface area contributed by atoms with Gasteiger partial charge < -0.3 is 13.7 Å². The molecule has 0 N–H and O–H groups in total. The summed E-state index contributed by atoms with van der Waals surface area (Å²) in [5, 5.41) is 0. The van der Waals surface area contributed by atoms with Crippen LogP contribution in [-0.2, 0) is 14.3 Å². The quantitative estimate of drug-likeness (QED) is 0.587. The molecule has 1 unspecified atom stereocenters. The molecular formula is C15H17F3O5S. The standard InChI is InChI=1S/C15H17F3O5S/c1-21-11-6-7-13(14(9-11)22-2)10-4-3-5-12(8-10)23-24(19,20)15(16,17)18/h6-10H,3-5H2,1-2H3. The third-order valence-electron chi connectivity index (χ3n) is 3.67. The van der Waals surface area contributed by atoms with E-state index in [4.69, 9.17) is 9.47 Å². The summed E-state index contributed by atoms with van der Waals surface area (Å²) in [6, 6.07) is 5.10. The summed E-state index contributed by atoms with van der Waals surface area (Å²) in [5.41, 5.74) is -4.72. The minimum absolute atomic E-state index is 0.129. The molecule has 1 aromatic carbocycles. The highest BCUT2D eigenvalue weighted by Crippen LogP contribution is 2.39. The molecule has 1 aliphatic carbocycles. The molecule has 134 valence electrons. The van der Waals surface area contributed by atoms with Crippen LogP contribution in [0.15, 0.2) is 30.0 Å². The van der Waals surface area contributed by atoms with Crippen molar-refractivity contribution in [2.75, 3.05) is 14.2 Å². The zero-order valence-electron chi connectivity index (χ0n) is 13.1. The fraction of sp³-hybridized carbons (Fsp3) is 0.467. The van der Waals surface area contributed by atoms with Crippen LogP contribution in [0.1, 0.15) is 30.7 Å². The van der Waals surface area contributed by atoms with Crippen molar-refractivity contribution in [2.24, 2.45) is 0 Å². The lowest BCUT2D eigenvalue weighted by Crippen LogP contribution is -2.26. The van der Waals surface area contributed by atoms with Gasteiger partial charge in [0.05, 0.1) is 14.2 Å². The van der Waals surface area contributed by atoms with Gasteiger partial charge in [0.2, 0.25) is 0 Å². The summed E-state index contributed by atoms with van der Waals surface area (Å²) in [7, 11) is -2.68. The van der Waals surface area contributed by atoms with Crippen LogP contribution in [0.4, 0.5) is 13.2 Å². The number of benzene rings is 1. The predicted octanol–water partition coefficient (Wildman–Crippen LogP) is 3.72. The van der Waals surface area contributed by atoms with Gasteiger partial charge in [-0.2, -0.15) is 21.6 Å². The van der Waals surface area contributed by atoms with Gasteiger partial charge in [-0.1, -0.05) is 6.07 Å². The number of hydrogen-bond acceptors (Lipinski definition) is 5. The van der Waals surface area contributed by atoms with Crippen molar-refractivity contribution >= 4 is 10.1 Å². The number of hydrogen-bond donors (Lipinski definition) is 0. The van der Waals surface area contributed by atoms with E-state index in [0.29, 0.717) is 24.3 Å². The minimum Gasteiger partial charge on any atom is -0.497 e. The monoisotopic (exact) mass is 366 g/mol. The van der Waals surface area contributed by atoms with Crippen LogP contribution in [0, 0.1) is 0 Å². The maximum Gasteiger partial charge on any atom is 0.534 e. The molecule has 5 nitrogen and oxygen atoms in total. The molecule has 1 aliphatic rings. The minimum atomic E-state index is -5.65. The molecule has 1 atom stereocenters. The van der Waals surface area contributed by atoms with Gasteiger partial charge in [0.1, 0.15) is 17.3 Å². The summed E-state index contributed by atoms with van der Waals surface area (Å²) in [6.45, 7) is 0. The molecule has 0 spiro atoms. The van der Waals surface area contributed by atoms with Crippen molar-refractivity contribution in [2.45, 2.75) is 30.7 Å². The summed E-state index contributed by atoms with van der Waals surface area (Å²) < 4.78 is 74.2. The van der Waals surface area contributed by atoms with Crippen molar-refractivity contribution < 1.29 is 35.2 Å². The Bertz CT molecular complexity index is 725. The van der Waals surface area contributed by atoms with Crippen LogP contribution in [0.25, 0.3) is 0 Å². The highest BCUT2D eigenvalue weighted by molar-refractivity contribution is 7.87. The lowest BCUT2D eigenvalue weighted by Gasteiger charge is -2.23. The fourth-order valence-corrected chi connectivity index (χ4v) is 3.03. The van der Waals surface area contributed by atoms with E-state index in [2.05, 4.69) is 4.18 Å². The second kappa shape index (κ2) is 6.92. The average molecular weight is 366 g/mol. The Hall–Kier alpha value is -1.90. The van der Waals surface area contributed by atoms with Crippen molar-refractivity contribution in [3.63, 3.8) is 0 Å². The Morgan fingerprint density at radius 1 is 1.17 bits per heavy atom. The molecule has 0 aromatic heterocycles. The first-order valence-corrected chi connectivity index (χ1v) is 8.52. The lowest BCUT2D eigenvalue weighted by molar-refractivity contribution is -0.0524. The van der Waals surface area contributed by atoms with Gasteiger partial charge in [-0.15, -0.1) is 0 Å². The first-order valence-electron chi connectivity index (χ1n) is 7.11. The molecule has 0 saturated carbocycles. The maximum atomic E-state index is 12.4. The van der Waals surface area contributed by atoms with Crippen LogP contribution < -0.4 is 9.47 Å². The highest BCUT2D eigenvalue weighted by atomic mass is 32.2. The average Bonchev–Trinajstić information content (AvgIpc) is 2.53. The summed E-state index contributed by atoms with van der Waals surface area (Å²) in [4.78, 5) is 0. The maximum absolute atomic E-state index is 12.4. The third-order valence-corrected chi connectivity index (χ3v) is 4.67. The van der Waals surface area contributed by atoms with E-state index < -0.39 is 15.6 Å². The number of allylic oxidation sites excluding steroid dienone is 2. The number of alkyl halides is 3. The number of rotatable bonds is 5. The van der Waals surface area contributed by atoms with Gasteiger partial charge in [-0.25, -0.2) is 0 Å². The summed E-state index contributed by atoms with van der Waals surface area (Å²) >= 11 is 0. The van der Waals surface area contributed by atoms with E-state index in [0.717, 1.165) is 5.56 Å². The normalized spacial score (nSPS) is 18.7. The number of halogens is 3. The molecule has 0 saturated heterocycles. The number of ether oxygens (including phenoxy) is 2. The van der Waals surface area contributed by atoms with E-state index in [1.165, 1.54) is 20.3 Å². The van der Waals surface area contributed by atoms with Crippen LogP contribution in [-0.4, -0.2) is 28.1 Å². The van der Waals surface area contributed by atoms with E-state index in [9.17, 15) is 21.6 Å². The molecule has 2 rings (SSSR count). The molecular weight excluding hydrogens is 349 g/mol. The third kappa shape index (κ3) is 3.95. The summed E-state index contributed by atoms with van der Waals surface area (Å²) in [5.74, 6) is 0.571. The molecule has 0 amide bonds. The molecule has 0 heterocycles. The van der Waals surface area contributed by atoms with E-state index in [1.54, 1.807) is 18.2 Å². The van der Waals surface area contributed by atoms with Crippen LogP contribution in [0.2, 0.25) is 0 Å². The topological polar surface area (TPSA) is 61.8 Å². The first-order chi connectivity index (χ1) is 11.2. The van der Waals surface area contributed by atoms with E-state index in [1.807, 2.05) is 0 Å². The van der Waals surface area contributed by atoms with Crippen molar-refractivity contribution in [3.8, 4) is 11.5 Å². The van der Waals surface area contributed by atoms with Crippen LogP contribution in [0.5, 0.6) is 11.5 Å². The molecule has 0 fully saturated rings. The van der Waals surface area contributed by atoms with Crippen molar-refractivity contribution in [3.05, 3.63) is 35.6 Å². The Morgan fingerprint density at radius 3 is 2.46 bits per heavy atom. The molecule has 0 bridgehead atoms. The van der Waals surface area contributed by atoms with Gasteiger partial charge in [0.15, 0.2) is 0 Å². The SMILES string of the molecule is COc1ccc(C2C=C(OS(=O)(=O)C(F)(F)F)CCC2)c(OC)c1. The second-order valence-corrected chi connectivity index (χ2v) is 6.76. The van der Waals surface area contributed by atoms with Gasteiger partial charge in [-0.05, 0) is 25.0 Å². The zero-order valence-corrected chi connectivity index (χ0v) is 13.9. The van der Waals surface area contributed by atoms with Crippen molar-refractivity contribution in [1.29, 1.82) is 0 Å². The molecule has 1 aromatic rings.